The van der Waals surface area contributed by atoms with Gasteiger partial charge in [-0.25, -0.2) is 0 Å². The van der Waals surface area contributed by atoms with Gasteiger partial charge < -0.3 is 0 Å². The zero-order valence-corrected chi connectivity index (χ0v) is 5.85. The molecule has 2 heteroatoms. The first kappa shape index (κ1) is 8.13. The van der Waals surface area contributed by atoms with Crippen LogP contribution in [0.25, 0.3) is 0 Å². The van der Waals surface area contributed by atoms with Gasteiger partial charge in [0.25, 0.3) is 0 Å². The Bertz CT molecular complexity index is 57.5. The van der Waals surface area contributed by atoms with Gasteiger partial charge >= 0.3 is 53.1 Å². The van der Waals surface area contributed by atoms with E-state index in [9.17, 15) is 0 Å². The van der Waals surface area contributed by atoms with Crippen LogP contribution in [-0.2, 0) is 0 Å². The molecule has 0 bridgehead atoms. The third kappa shape index (κ3) is 3.17. The second kappa shape index (κ2) is 5.27. The zero-order valence-electron chi connectivity index (χ0n) is 5.85. The Morgan fingerprint density at radius 3 is 2.00 bits per heavy atom. The Hall–Kier alpha value is 0.130. The molecule has 8 heavy (non-hydrogen) atoms. The van der Waals surface area contributed by atoms with Gasteiger partial charge in [0.05, 0.1) is 0 Å². The van der Waals surface area contributed by atoms with Crippen LogP contribution in [0.5, 0.6) is 0 Å². The summed E-state index contributed by atoms with van der Waals surface area (Å²) in [6, 6.07) is 0. The van der Waals surface area contributed by atoms with Gasteiger partial charge in [-0.1, -0.05) is 0 Å². The van der Waals surface area contributed by atoms with Crippen LogP contribution in [0.1, 0.15) is 26.7 Å². The summed E-state index contributed by atoms with van der Waals surface area (Å²) in [5, 5.41) is 0. The van der Waals surface area contributed by atoms with Gasteiger partial charge in [-0.3, -0.25) is 0 Å². The quantitative estimate of drug-likeness (QED) is 0.478. The molecular weight excluding hydrogens is 93.7 g/mol. The minimum absolute atomic E-state index is 0.819. The summed E-state index contributed by atoms with van der Waals surface area (Å²) in [7, 11) is 5.26. The minimum atomic E-state index is 0.819. The monoisotopic (exact) mass is 107 g/mol. The Kier molecular flexibility index (Phi) is 5.36. The Balaban J connectivity index is 3.20. The second-order valence-corrected chi connectivity index (χ2v) is 2.15. The average Bonchev–Trinajstić information content (AvgIpc) is 1.83. The van der Waals surface area contributed by atoms with Crippen LogP contribution in [0.15, 0.2) is 0 Å². The molecule has 0 aliphatic rings. The standard InChI is InChI=1S/C6H13B2/c1-3-6(4-2)5-8-7/h6H,3-5H2,1-2H3. The summed E-state index contributed by atoms with van der Waals surface area (Å²) in [6.07, 6.45) is 3.58. The van der Waals surface area contributed by atoms with E-state index in [1.165, 1.54) is 12.8 Å². The van der Waals surface area contributed by atoms with Gasteiger partial charge in [0.2, 0.25) is 0 Å². The molecule has 0 saturated carbocycles. The van der Waals surface area contributed by atoms with Crippen molar-refractivity contribution in [1.82, 2.24) is 0 Å². The van der Waals surface area contributed by atoms with Gasteiger partial charge in [0.1, 0.15) is 0 Å². The van der Waals surface area contributed by atoms with Crippen molar-refractivity contribution in [1.29, 1.82) is 0 Å². The molecule has 0 heterocycles. The summed E-state index contributed by atoms with van der Waals surface area (Å²) in [5.74, 6) is 0.819. The van der Waals surface area contributed by atoms with Gasteiger partial charge in [-0.15, -0.1) is 0 Å². The van der Waals surface area contributed by atoms with E-state index in [0.717, 1.165) is 12.2 Å². The topological polar surface area (TPSA) is 0 Å². The first-order valence-electron chi connectivity index (χ1n) is 3.38. The van der Waals surface area contributed by atoms with Crippen molar-refractivity contribution in [2.24, 2.45) is 5.92 Å². The molecule has 0 unspecified atom stereocenters. The van der Waals surface area contributed by atoms with Crippen LogP contribution in [0.2, 0.25) is 6.32 Å². The van der Waals surface area contributed by atoms with Crippen LogP contribution < -0.4 is 0 Å². The molecule has 0 atom stereocenters. The van der Waals surface area contributed by atoms with Crippen LogP contribution in [-0.4, -0.2) is 14.2 Å². The van der Waals surface area contributed by atoms with E-state index in [0.29, 0.717) is 0 Å². The van der Waals surface area contributed by atoms with Crippen molar-refractivity contribution in [3.63, 3.8) is 0 Å². The van der Waals surface area contributed by atoms with Crippen molar-refractivity contribution in [3.05, 3.63) is 0 Å². The Labute approximate surface area is 53.9 Å². The van der Waals surface area contributed by atoms with E-state index in [1.807, 2.05) is 0 Å². The molecule has 43 valence electrons. The molecule has 0 aliphatic heterocycles. The summed E-state index contributed by atoms with van der Waals surface area (Å²) in [5.41, 5.74) is 0. The van der Waals surface area contributed by atoms with Crippen molar-refractivity contribution in [2.45, 2.75) is 33.0 Å². The fourth-order valence-corrected chi connectivity index (χ4v) is 0.814. The van der Waals surface area contributed by atoms with Crippen LogP contribution >= 0.6 is 0 Å². The van der Waals surface area contributed by atoms with E-state index in [2.05, 4.69) is 13.8 Å². The Morgan fingerprint density at radius 2 is 1.88 bits per heavy atom. The summed E-state index contributed by atoms with van der Waals surface area (Å²) in [6.45, 7) is 6.17. The first-order chi connectivity index (χ1) is 3.85. The van der Waals surface area contributed by atoms with Gasteiger partial charge in [0.15, 0.2) is 0 Å². The predicted octanol–water partition coefficient (Wildman–Crippen LogP) is 1.63. The van der Waals surface area contributed by atoms with Gasteiger partial charge in [0, 0.05) is 0 Å². The molecule has 0 aromatic carbocycles. The molecule has 0 saturated heterocycles. The normalized spacial score (nSPS) is 9.25. The third-order valence-electron chi connectivity index (χ3n) is 1.62. The van der Waals surface area contributed by atoms with Crippen molar-refractivity contribution in [2.75, 3.05) is 0 Å². The average molecular weight is 107 g/mol. The fraction of sp³-hybridized carbons (Fsp3) is 1.00. The van der Waals surface area contributed by atoms with E-state index >= 15 is 0 Å². The van der Waals surface area contributed by atoms with Crippen molar-refractivity contribution in [3.8, 4) is 0 Å². The summed E-state index contributed by atoms with van der Waals surface area (Å²) in [4.78, 5) is 0. The maximum atomic E-state index is 5.26. The molecule has 0 spiro atoms. The maximum absolute atomic E-state index is 5.26. The molecule has 0 aromatic heterocycles. The first-order valence-corrected chi connectivity index (χ1v) is 3.38. The van der Waals surface area contributed by atoms with E-state index in [-0.39, 0.29) is 0 Å². The number of hydrogen-bond donors (Lipinski definition) is 0. The molecule has 0 rings (SSSR count). The molecule has 0 amide bonds. The zero-order chi connectivity index (χ0) is 6.41. The molecule has 0 nitrogen and oxygen atoms in total. The molecule has 0 N–H and O–H groups in total. The van der Waals surface area contributed by atoms with Crippen molar-refractivity contribution >= 4 is 14.2 Å². The van der Waals surface area contributed by atoms with Crippen molar-refractivity contribution < 1.29 is 0 Å². The third-order valence-corrected chi connectivity index (χ3v) is 1.62. The Morgan fingerprint density at radius 1 is 1.38 bits per heavy atom. The fourth-order valence-electron chi connectivity index (χ4n) is 0.814. The van der Waals surface area contributed by atoms with Gasteiger partial charge in [-0.05, 0) is 0 Å². The van der Waals surface area contributed by atoms with E-state index < -0.39 is 0 Å². The van der Waals surface area contributed by atoms with E-state index in [4.69, 9.17) is 7.37 Å². The van der Waals surface area contributed by atoms with Crippen LogP contribution in [0.4, 0.5) is 0 Å². The molecule has 1 radical (unpaired) electrons. The van der Waals surface area contributed by atoms with Crippen LogP contribution in [0.3, 0.4) is 0 Å². The van der Waals surface area contributed by atoms with E-state index in [1.54, 1.807) is 6.80 Å². The predicted molar refractivity (Wildman–Crippen MR) is 40.4 cm³/mol. The SMILES string of the molecule is [B]=BCC(CC)CC. The second-order valence-electron chi connectivity index (χ2n) is 2.15. The number of hydrogen-bond acceptors (Lipinski definition) is 0. The number of rotatable bonds is 4. The van der Waals surface area contributed by atoms with Gasteiger partial charge in [-0.2, -0.15) is 0 Å². The molecule has 0 fully saturated rings. The van der Waals surface area contributed by atoms with Crippen LogP contribution in [0, 0.1) is 5.92 Å². The molecular formula is C6H13B2. The molecule has 0 aliphatic carbocycles. The summed E-state index contributed by atoms with van der Waals surface area (Å²) < 4.78 is 0. The summed E-state index contributed by atoms with van der Waals surface area (Å²) >= 11 is 0. The molecule has 0 aromatic rings.